The second-order valence-corrected chi connectivity index (χ2v) is 12.8. The van der Waals surface area contributed by atoms with Crippen molar-refractivity contribution >= 4 is 17.7 Å². The first-order valence-electron chi connectivity index (χ1n) is 13.0. The van der Waals surface area contributed by atoms with Crippen LogP contribution in [0.1, 0.15) is 58.1 Å². The van der Waals surface area contributed by atoms with Crippen molar-refractivity contribution in [3.05, 3.63) is 24.2 Å². The fourth-order valence-electron chi connectivity index (χ4n) is 10.0. The number of Topliss-reactive ketones (excluding diaryl/α,β-unsaturated/α-hetero) is 1. The van der Waals surface area contributed by atoms with E-state index < -0.39 is 93.3 Å². The molecule has 0 radical (unpaired) electrons. The van der Waals surface area contributed by atoms with Crippen LogP contribution in [0.5, 0.6) is 0 Å². The number of esters is 2. The van der Waals surface area contributed by atoms with Crippen molar-refractivity contribution in [3.63, 3.8) is 0 Å². The van der Waals surface area contributed by atoms with Crippen molar-refractivity contribution in [2.45, 2.75) is 81.6 Å². The highest BCUT2D eigenvalue weighted by Gasteiger charge is 2.90. The van der Waals surface area contributed by atoms with Gasteiger partial charge >= 0.3 is 11.9 Å². The normalized spacial score (nSPS) is 53.7. The van der Waals surface area contributed by atoms with Gasteiger partial charge < -0.3 is 39.4 Å². The third-order valence-electron chi connectivity index (χ3n) is 11.7. The topological polar surface area (TPSA) is 184 Å². The number of methoxy groups -OCH3 is 1. The Morgan fingerprint density at radius 3 is 2.47 bits per heavy atom. The third kappa shape index (κ3) is 2.39. The Balaban J connectivity index is 1.58. The molecule has 1 aromatic heterocycles. The molecule has 11 nitrogen and oxygen atoms in total. The highest BCUT2D eigenvalue weighted by atomic mass is 16.6. The monoisotopic (exact) mass is 534 g/mol. The molecule has 0 amide bonds. The molecule has 0 aromatic carbocycles. The van der Waals surface area contributed by atoms with Gasteiger partial charge in [0.05, 0.1) is 43.7 Å². The molecule has 1 saturated heterocycles. The third-order valence-corrected chi connectivity index (χ3v) is 11.7. The van der Waals surface area contributed by atoms with Crippen LogP contribution in [0.15, 0.2) is 23.0 Å². The van der Waals surface area contributed by atoms with Crippen molar-refractivity contribution in [2.75, 3.05) is 7.11 Å². The molecular weight excluding hydrogens is 500 g/mol. The number of aliphatic hydroxyl groups excluding tert-OH is 2. The smallest absolute Gasteiger partial charge is 0.335 e. The zero-order valence-electron chi connectivity index (χ0n) is 21.7. The molecule has 5 fully saturated rings. The van der Waals surface area contributed by atoms with E-state index in [2.05, 4.69) is 0 Å². The molecule has 6 rings (SSSR count). The summed E-state index contributed by atoms with van der Waals surface area (Å²) in [6, 6.07) is 1.59. The van der Waals surface area contributed by atoms with Crippen LogP contribution in [0.2, 0.25) is 0 Å². The molecule has 4 aliphatic carbocycles. The molecule has 2 heterocycles. The van der Waals surface area contributed by atoms with Crippen LogP contribution >= 0.6 is 0 Å². The van der Waals surface area contributed by atoms with E-state index in [4.69, 9.17) is 13.9 Å². The molecular formula is C27H34O11. The van der Waals surface area contributed by atoms with Crippen molar-refractivity contribution in [1.29, 1.82) is 0 Å². The number of fused-ring (bicyclic) bond motifs is 5. The lowest BCUT2D eigenvalue weighted by molar-refractivity contribution is -0.380. The second kappa shape index (κ2) is 7.25. The van der Waals surface area contributed by atoms with Crippen LogP contribution in [0.4, 0.5) is 0 Å². The van der Waals surface area contributed by atoms with E-state index in [-0.39, 0.29) is 19.3 Å². The van der Waals surface area contributed by atoms with E-state index in [0.29, 0.717) is 5.56 Å². The first-order valence-corrected chi connectivity index (χ1v) is 13.0. The Morgan fingerprint density at radius 1 is 1.18 bits per heavy atom. The number of rotatable bonds is 3. The SMILES string of the molecule is COC(=O)C(O)C1C2(C)CC3(O)C(C2=O)C(O)C2(O)C(CCC4(C)C(c5ccoc5)OC(=O)CC42O)C13C. The number of cyclic esters (lactones) is 1. The fourth-order valence-corrected chi connectivity index (χ4v) is 10.0. The number of ether oxygens (including phenoxy) is 2. The predicted octanol–water partition coefficient (Wildman–Crippen LogP) is 0.0170. The summed E-state index contributed by atoms with van der Waals surface area (Å²) in [4.78, 5) is 39.4. The average molecular weight is 535 g/mol. The maximum Gasteiger partial charge on any atom is 0.335 e. The zero-order chi connectivity index (χ0) is 27.8. The van der Waals surface area contributed by atoms with Crippen LogP contribution < -0.4 is 0 Å². The summed E-state index contributed by atoms with van der Waals surface area (Å²) in [7, 11) is 1.10. The van der Waals surface area contributed by atoms with Crippen molar-refractivity contribution in [3.8, 4) is 0 Å². The van der Waals surface area contributed by atoms with Gasteiger partial charge in [0.1, 0.15) is 23.1 Å². The van der Waals surface area contributed by atoms with E-state index in [1.165, 1.54) is 12.5 Å². The van der Waals surface area contributed by atoms with Gasteiger partial charge in [-0.3, -0.25) is 9.59 Å². The van der Waals surface area contributed by atoms with Gasteiger partial charge in [-0.15, -0.1) is 0 Å². The minimum Gasteiger partial charge on any atom is -0.472 e. The van der Waals surface area contributed by atoms with Crippen molar-refractivity contribution in [2.24, 2.45) is 34.0 Å². The Labute approximate surface area is 218 Å². The Kier molecular flexibility index (Phi) is 4.95. The first kappa shape index (κ1) is 25.9. The van der Waals surface area contributed by atoms with Crippen LogP contribution in [0.3, 0.4) is 0 Å². The van der Waals surface area contributed by atoms with Gasteiger partial charge in [0, 0.05) is 33.6 Å². The van der Waals surface area contributed by atoms with Gasteiger partial charge in [-0.05, 0) is 25.3 Å². The Hall–Kier alpha value is -2.31. The lowest BCUT2D eigenvalue weighted by atomic mass is 9.35. The highest BCUT2D eigenvalue weighted by molar-refractivity contribution is 5.95. The predicted molar refractivity (Wildman–Crippen MR) is 125 cm³/mol. The maximum atomic E-state index is 13.9. The summed E-state index contributed by atoms with van der Waals surface area (Å²) < 4.78 is 15.6. The zero-order valence-corrected chi connectivity index (χ0v) is 21.7. The minimum absolute atomic E-state index is 0.123. The van der Waals surface area contributed by atoms with Gasteiger partial charge in [-0.25, -0.2) is 4.79 Å². The van der Waals surface area contributed by atoms with E-state index >= 15 is 0 Å². The van der Waals surface area contributed by atoms with Gasteiger partial charge in [0.2, 0.25) is 0 Å². The largest absolute Gasteiger partial charge is 0.472 e. The number of hydrogen-bond donors (Lipinski definition) is 5. The van der Waals surface area contributed by atoms with Gasteiger partial charge in [0.25, 0.3) is 0 Å². The molecule has 208 valence electrons. The van der Waals surface area contributed by atoms with E-state index in [9.17, 15) is 39.9 Å². The summed E-state index contributed by atoms with van der Waals surface area (Å²) >= 11 is 0. The van der Waals surface area contributed by atoms with Gasteiger partial charge in [-0.1, -0.05) is 20.8 Å². The standard InChI is InChI=1S/C27H34O11/c1-22-11-25(33)15(18(22)30)19(31)27(35)13(24(25,3)17(22)16(29)21(32)36-4)5-7-23(2)20(12-6-8-37-10-12)38-14(28)9-26(23,27)34/h6,8,10,13,15-17,19-20,29,31,33-35H,5,7,9,11H2,1-4H3. The molecule has 12 atom stereocenters. The molecule has 12 unspecified atom stereocenters. The maximum absolute atomic E-state index is 13.9. The summed E-state index contributed by atoms with van der Waals surface area (Å²) in [6.45, 7) is 4.80. The Morgan fingerprint density at radius 2 is 1.87 bits per heavy atom. The summed E-state index contributed by atoms with van der Waals surface area (Å²) in [6.07, 6.45) is -2.50. The second-order valence-electron chi connectivity index (χ2n) is 12.8. The molecule has 1 aliphatic heterocycles. The van der Waals surface area contributed by atoms with E-state index in [1.54, 1.807) is 26.8 Å². The number of carbonyl (C=O) groups is 3. The summed E-state index contributed by atoms with van der Waals surface area (Å²) in [5.74, 6) is -6.24. The molecule has 1 aromatic rings. The van der Waals surface area contributed by atoms with E-state index in [1.807, 2.05) is 0 Å². The van der Waals surface area contributed by atoms with E-state index in [0.717, 1.165) is 7.11 Å². The van der Waals surface area contributed by atoms with Crippen molar-refractivity contribution < 1.29 is 53.8 Å². The fraction of sp³-hybridized carbons (Fsp3) is 0.741. The summed E-state index contributed by atoms with van der Waals surface area (Å²) in [5.41, 5.74) is -10.5. The molecule has 11 heteroatoms. The molecule has 5 aliphatic rings. The quantitative estimate of drug-likeness (QED) is 0.329. The van der Waals surface area contributed by atoms with Crippen molar-refractivity contribution in [1.82, 2.24) is 0 Å². The lowest BCUT2D eigenvalue weighted by Gasteiger charge is -2.73. The molecule has 38 heavy (non-hydrogen) atoms. The first-order chi connectivity index (χ1) is 17.6. The average Bonchev–Trinajstić information content (AvgIpc) is 3.49. The van der Waals surface area contributed by atoms with Crippen LogP contribution in [0.25, 0.3) is 0 Å². The molecule has 4 saturated carbocycles. The molecule has 2 bridgehead atoms. The Bertz CT molecular complexity index is 1230. The van der Waals surface area contributed by atoms with Crippen LogP contribution in [0, 0.1) is 34.0 Å². The number of furan rings is 1. The summed E-state index contributed by atoms with van der Waals surface area (Å²) in [5, 5.41) is 60.3. The van der Waals surface area contributed by atoms with Crippen LogP contribution in [-0.4, -0.2) is 79.4 Å². The highest BCUT2D eigenvalue weighted by Crippen LogP contribution is 2.80. The lowest BCUT2D eigenvalue weighted by Crippen LogP contribution is -2.86. The number of ketones is 1. The number of carbonyl (C=O) groups excluding carboxylic acids is 3. The van der Waals surface area contributed by atoms with Gasteiger partial charge in [-0.2, -0.15) is 0 Å². The molecule has 5 N–H and O–H groups in total. The van der Waals surface area contributed by atoms with Gasteiger partial charge in [0.15, 0.2) is 6.10 Å². The van der Waals surface area contributed by atoms with Crippen LogP contribution in [-0.2, 0) is 23.9 Å². The number of hydrogen-bond acceptors (Lipinski definition) is 11. The number of aliphatic hydroxyl groups is 5. The molecule has 0 spiro atoms. The minimum atomic E-state index is -2.48.